The van der Waals surface area contributed by atoms with Gasteiger partial charge >= 0.3 is 0 Å². The first-order valence-corrected chi connectivity index (χ1v) is 6.52. The number of aliphatic hydroxyl groups is 1. The normalized spacial score (nSPS) is 13.1. The number of hydrogen-bond acceptors (Lipinski definition) is 3. The van der Waals surface area contributed by atoms with E-state index in [-0.39, 0.29) is 6.10 Å². The van der Waals surface area contributed by atoms with Crippen LogP contribution in [0.15, 0.2) is 24.5 Å². The van der Waals surface area contributed by atoms with Crippen molar-refractivity contribution in [2.24, 2.45) is 0 Å². The van der Waals surface area contributed by atoms with Crippen molar-refractivity contribution in [2.45, 2.75) is 39.3 Å². The fourth-order valence-electron chi connectivity index (χ4n) is 2.02. The molecule has 2 heterocycles. The summed E-state index contributed by atoms with van der Waals surface area (Å²) in [6, 6.07) is 4.10. The van der Waals surface area contributed by atoms with Crippen LogP contribution in [0, 0.1) is 6.92 Å². The number of imidazole rings is 1. The van der Waals surface area contributed by atoms with Gasteiger partial charge in [0.25, 0.3) is 0 Å². The molecule has 0 aliphatic rings. The van der Waals surface area contributed by atoms with Crippen molar-refractivity contribution in [1.82, 2.24) is 14.7 Å². The van der Waals surface area contributed by atoms with Gasteiger partial charge in [0.2, 0.25) is 0 Å². The third-order valence-corrected chi connectivity index (χ3v) is 3.24. The Bertz CT molecular complexity index is 507. The van der Waals surface area contributed by atoms with Gasteiger partial charge in [0.1, 0.15) is 5.65 Å². The lowest BCUT2D eigenvalue weighted by molar-refractivity contribution is 0.159. The number of pyridine rings is 1. The van der Waals surface area contributed by atoms with Gasteiger partial charge in [-0.05, 0) is 37.9 Å². The highest BCUT2D eigenvalue weighted by Gasteiger charge is 2.05. The molecule has 0 radical (unpaired) electrons. The predicted molar refractivity (Wildman–Crippen MR) is 72.6 cm³/mol. The highest BCUT2D eigenvalue weighted by Crippen LogP contribution is 2.10. The minimum Gasteiger partial charge on any atom is -0.393 e. The van der Waals surface area contributed by atoms with Crippen molar-refractivity contribution in [3.8, 4) is 0 Å². The second-order valence-electron chi connectivity index (χ2n) is 4.66. The van der Waals surface area contributed by atoms with E-state index in [9.17, 15) is 5.11 Å². The standard InChI is InChI=1S/C14H21N3O/c1-3-13(18)6-7-15-9-12-10-16-14-11(2)5-4-8-17(12)14/h4-5,8,10,13,15,18H,3,6-7,9H2,1-2H3. The number of hydrogen-bond donors (Lipinski definition) is 2. The van der Waals surface area contributed by atoms with E-state index in [1.54, 1.807) is 0 Å². The van der Waals surface area contributed by atoms with Crippen molar-refractivity contribution in [2.75, 3.05) is 6.54 Å². The second kappa shape index (κ2) is 5.98. The molecule has 2 N–H and O–H groups in total. The lowest BCUT2D eigenvalue weighted by atomic mass is 10.2. The predicted octanol–water partition coefficient (Wildman–Crippen LogP) is 1.89. The largest absolute Gasteiger partial charge is 0.393 e. The SMILES string of the molecule is CCC(O)CCNCc1cnc2c(C)cccn12. The van der Waals surface area contributed by atoms with Crippen molar-refractivity contribution >= 4 is 5.65 Å². The van der Waals surface area contributed by atoms with Gasteiger partial charge < -0.3 is 14.8 Å². The van der Waals surface area contributed by atoms with Crippen LogP contribution in [0.4, 0.5) is 0 Å². The van der Waals surface area contributed by atoms with Gasteiger partial charge in [0, 0.05) is 12.7 Å². The number of nitrogens with one attached hydrogen (secondary N) is 1. The van der Waals surface area contributed by atoms with E-state index in [1.807, 2.05) is 25.4 Å². The second-order valence-corrected chi connectivity index (χ2v) is 4.66. The van der Waals surface area contributed by atoms with Crippen LogP contribution < -0.4 is 5.32 Å². The summed E-state index contributed by atoms with van der Waals surface area (Å²) in [5.41, 5.74) is 3.35. The van der Waals surface area contributed by atoms with Gasteiger partial charge in [0.15, 0.2) is 0 Å². The highest BCUT2D eigenvalue weighted by atomic mass is 16.3. The third-order valence-electron chi connectivity index (χ3n) is 3.24. The molecule has 0 spiro atoms. The number of nitrogens with zero attached hydrogens (tertiary/aromatic N) is 2. The average molecular weight is 247 g/mol. The summed E-state index contributed by atoms with van der Waals surface area (Å²) in [7, 11) is 0. The Morgan fingerprint density at radius 3 is 3.11 bits per heavy atom. The van der Waals surface area contributed by atoms with Crippen LogP contribution in [0.5, 0.6) is 0 Å². The van der Waals surface area contributed by atoms with Gasteiger partial charge in [-0.2, -0.15) is 0 Å². The topological polar surface area (TPSA) is 49.6 Å². The Labute approximate surface area is 108 Å². The fourth-order valence-corrected chi connectivity index (χ4v) is 2.02. The van der Waals surface area contributed by atoms with Crippen LogP contribution in [-0.2, 0) is 6.54 Å². The molecule has 4 nitrogen and oxygen atoms in total. The minimum atomic E-state index is -0.193. The zero-order valence-corrected chi connectivity index (χ0v) is 11.1. The molecule has 1 unspecified atom stereocenters. The Kier molecular flexibility index (Phi) is 4.33. The third kappa shape index (κ3) is 2.89. The first kappa shape index (κ1) is 13.1. The Morgan fingerprint density at radius 2 is 2.33 bits per heavy atom. The quantitative estimate of drug-likeness (QED) is 0.766. The molecule has 0 bridgehead atoms. The lowest BCUT2D eigenvalue weighted by Crippen LogP contribution is -2.20. The van der Waals surface area contributed by atoms with Crippen LogP contribution in [-0.4, -0.2) is 27.1 Å². The molecule has 0 saturated carbocycles. The maximum Gasteiger partial charge on any atom is 0.139 e. The van der Waals surface area contributed by atoms with Gasteiger partial charge in [-0.15, -0.1) is 0 Å². The number of aliphatic hydroxyl groups excluding tert-OH is 1. The summed E-state index contributed by atoms with van der Waals surface area (Å²) in [5.74, 6) is 0. The molecule has 0 aromatic carbocycles. The molecule has 0 aliphatic carbocycles. The molecule has 0 aliphatic heterocycles. The molecule has 0 amide bonds. The van der Waals surface area contributed by atoms with E-state index in [1.165, 1.54) is 5.56 Å². The van der Waals surface area contributed by atoms with Crippen molar-refractivity contribution in [3.05, 3.63) is 35.8 Å². The molecule has 18 heavy (non-hydrogen) atoms. The minimum absolute atomic E-state index is 0.193. The van der Waals surface area contributed by atoms with Gasteiger partial charge in [0.05, 0.1) is 18.0 Å². The number of aryl methyl sites for hydroxylation is 1. The fraction of sp³-hybridized carbons (Fsp3) is 0.500. The van der Waals surface area contributed by atoms with Crippen LogP contribution in [0.25, 0.3) is 5.65 Å². The Morgan fingerprint density at radius 1 is 1.50 bits per heavy atom. The van der Waals surface area contributed by atoms with Crippen molar-refractivity contribution in [1.29, 1.82) is 0 Å². The molecule has 2 rings (SSSR count). The molecular weight excluding hydrogens is 226 g/mol. The molecule has 1 atom stereocenters. The zero-order chi connectivity index (χ0) is 13.0. The monoisotopic (exact) mass is 247 g/mol. The molecule has 0 fully saturated rings. The van der Waals surface area contributed by atoms with E-state index >= 15 is 0 Å². The number of aromatic nitrogens is 2. The smallest absolute Gasteiger partial charge is 0.139 e. The van der Waals surface area contributed by atoms with Gasteiger partial charge in [-0.3, -0.25) is 0 Å². The Balaban J connectivity index is 1.94. The Hall–Kier alpha value is -1.39. The van der Waals surface area contributed by atoms with Gasteiger partial charge in [-0.25, -0.2) is 4.98 Å². The molecular formula is C14H21N3O. The molecule has 2 aromatic rings. The van der Waals surface area contributed by atoms with Crippen LogP contribution in [0.2, 0.25) is 0 Å². The first-order chi connectivity index (χ1) is 8.72. The van der Waals surface area contributed by atoms with Gasteiger partial charge in [-0.1, -0.05) is 13.0 Å². The average Bonchev–Trinajstić information content (AvgIpc) is 2.79. The molecule has 98 valence electrons. The van der Waals surface area contributed by atoms with E-state index in [4.69, 9.17) is 0 Å². The van der Waals surface area contributed by atoms with Crippen molar-refractivity contribution in [3.63, 3.8) is 0 Å². The van der Waals surface area contributed by atoms with Crippen LogP contribution in [0.1, 0.15) is 31.0 Å². The summed E-state index contributed by atoms with van der Waals surface area (Å²) < 4.78 is 2.11. The summed E-state index contributed by atoms with van der Waals surface area (Å²) in [6.45, 7) is 5.67. The number of fused-ring (bicyclic) bond motifs is 1. The van der Waals surface area contributed by atoms with E-state index in [0.29, 0.717) is 0 Å². The maximum absolute atomic E-state index is 9.47. The summed E-state index contributed by atoms with van der Waals surface area (Å²) in [6.07, 6.45) is 5.36. The highest BCUT2D eigenvalue weighted by molar-refractivity contribution is 5.48. The molecule has 2 aromatic heterocycles. The van der Waals surface area contributed by atoms with Crippen LogP contribution >= 0.6 is 0 Å². The summed E-state index contributed by atoms with van der Waals surface area (Å²) in [5, 5.41) is 12.8. The van der Waals surface area contributed by atoms with Crippen LogP contribution in [0.3, 0.4) is 0 Å². The van der Waals surface area contributed by atoms with E-state index < -0.39 is 0 Å². The van der Waals surface area contributed by atoms with E-state index in [0.717, 1.165) is 37.3 Å². The van der Waals surface area contributed by atoms with E-state index in [2.05, 4.69) is 27.7 Å². The molecule has 4 heteroatoms. The molecule has 0 saturated heterocycles. The zero-order valence-electron chi connectivity index (χ0n) is 11.1. The maximum atomic E-state index is 9.47. The number of rotatable bonds is 6. The van der Waals surface area contributed by atoms with Crippen molar-refractivity contribution < 1.29 is 5.11 Å². The first-order valence-electron chi connectivity index (χ1n) is 6.52. The summed E-state index contributed by atoms with van der Waals surface area (Å²) >= 11 is 0. The lowest BCUT2D eigenvalue weighted by Gasteiger charge is -2.08. The summed E-state index contributed by atoms with van der Waals surface area (Å²) in [4.78, 5) is 4.42.